The molecule has 0 saturated heterocycles. The first kappa shape index (κ1) is 22.6. The fourth-order valence-corrected chi connectivity index (χ4v) is 5.97. The van der Waals surface area contributed by atoms with E-state index in [2.05, 4.69) is 25.3 Å². The summed E-state index contributed by atoms with van der Waals surface area (Å²) >= 11 is 2.55. The van der Waals surface area contributed by atoms with Crippen LogP contribution in [0.3, 0.4) is 0 Å². The van der Waals surface area contributed by atoms with Gasteiger partial charge in [-0.15, -0.1) is 10.2 Å². The second-order valence-electron chi connectivity index (χ2n) is 7.92. The van der Waals surface area contributed by atoms with Gasteiger partial charge < -0.3 is 14.6 Å². The molecule has 2 unspecified atom stereocenters. The first-order valence-corrected chi connectivity index (χ1v) is 12.3. The maximum Gasteiger partial charge on any atom is 0.295 e. The van der Waals surface area contributed by atoms with Crippen LogP contribution in [0.5, 0.6) is 0 Å². The van der Waals surface area contributed by atoms with Crippen LogP contribution in [-0.4, -0.2) is 34.5 Å². The number of aromatic nitrogens is 6. The molecular formula is C21H21N7O4S2. The molecule has 0 fully saturated rings. The van der Waals surface area contributed by atoms with Crippen LogP contribution in [0.15, 0.2) is 65.5 Å². The number of thioether (sulfide) groups is 2. The highest BCUT2D eigenvalue weighted by molar-refractivity contribution is 8.17. The predicted molar refractivity (Wildman–Crippen MR) is 125 cm³/mol. The van der Waals surface area contributed by atoms with Gasteiger partial charge in [-0.2, -0.15) is 10.1 Å². The number of hydrogen-bond acceptors (Lipinski definition) is 11. The number of nitrogens with one attached hydrogen (secondary N) is 1. The molecule has 2 atom stereocenters. The van der Waals surface area contributed by atoms with E-state index in [0.717, 1.165) is 11.5 Å². The third-order valence-corrected chi connectivity index (χ3v) is 8.17. The fraction of sp³-hybridized carbons (Fsp3) is 0.333. The summed E-state index contributed by atoms with van der Waals surface area (Å²) < 4.78 is 11.8. The fourth-order valence-electron chi connectivity index (χ4n) is 3.47. The highest BCUT2D eigenvalue weighted by Crippen LogP contribution is 2.46. The maximum absolute atomic E-state index is 12.5. The number of H-pyrrole nitrogens is 1. The molecule has 34 heavy (non-hydrogen) atoms. The van der Waals surface area contributed by atoms with Gasteiger partial charge in [0.2, 0.25) is 0 Å². The number of nitrogens with two attached hydrogens (primary N) is 1. The molecule has 0 radical (unpaired) electrons. The van der Waals surface area contributed by atoms with E-state index < -0.39 is 5.66 Å². The number of nitrogens with zero attached hydrogens (tertiary/aromatic N) is 5. The molecule has 5 rings (SSSR count). The van der Waals surface area contributed by atoms with Gasteiger partial charge in [-0.05, 0) is 31.2 Å². The number of fused-ring (bicyclic) bond motifs is 1. The zero-order chi connectivity index (χ0) is 23.7. The van der Waals surface area contributed by atoms with Crippen molar-refractivity contribution in [3.63, 3.8) is 0 Å². The SMILES string of the molecule is CC1(N)C(Sc2nnc(CCc3ccco3)c(=O)[nH]2)Sc2nc(=O)c(CCc3ccco3)nn21. The van der Waals surface area contributed by atoms with Crippen LogP contribution in [0.4, 0.5) is 0 Å². The van der Waals surface area contributed by atoms with E-state index in [9.17, 15) is 9.59 Å². The summed E-state index contributed by atoms with van der Waals surface area (Å²) in [6.45, 7) is 1.80. The Hall–Kier alpha value is -3.16. The zero-order valence-corrected chi connectivity index (χ0v) is 19.8. The van der Waals surface area contributed by atoms with Gasteiger partial charge in [0.05, 0.1) is 12.5 Å². The molecule has 0 bridgehead atoms. The summed E-state index contributed by atoms with van der Waals surface area (Å²) in [7, 11) is 0. The van der Waals surface area contributed by atoms with Crippen LogP contribution in [0, 0.1) is 0 Å². The molecule has 176 valence electrons. The Bertz CT molecular complexity index is 1400. The van der Waals surface area contributed by atoms with E-state index in [0.29, 0.717) is 47.4 Å². The third kappa shape index (κ3) is 4.58. The Kier molecular flexibility index (Phi) is 6.15. The van der Waals surface area contributed by atoms with E-state index in [1.54, 1.807) is 36.3 Å². The second-order valence-corrected chi connectivity index (χ2v) is 10.4. The smallest absolute Gasteiger partial charge is 0.295 e. The maximum atomic E-state index is 12.5. The van der Waals surface area contributed by atoms with Crippen LogP contribution in [0.1, 0.15) is 29.8 Å². The summed E-state index contributed by atoms with van der Waals surface area (Å²) in [5, 5.41) is 13.5. The van der Waals surface area contributed by atoms with E-state index in [1.807, 2.05) is 12.1 Å². The summed E-state index contributed by atoms with van der Waals surface area (Å²) in [6.07, 6.45) is 5.06. The molecule has 0 aromatic carbocycles. The highest BCUT2D eigenvalue weighted by atomic mass is 32.2. The first-order valence-electron chi connectivity index (χ1n) is 10.5. The van der Waals surface area contributed by atoms with Crippen molar-refractivity contribution >= 4 is 23.5 Å². The van der Waals surface area contributed by atoms with E-state index >= 15 is 0 Å². The van der Waals surface area contributed by atoms with E-state index in [4.69, 9.17) is 14.6 Å². The number of aromatic amines is 1. The molecule has 4 aromatic rings. The van der Waals surface area contributed by atoms with Crippen molar-refractivity contribution in [1.29, 1.82) is 0 Å². The minimum absolute atomic E-state index is 0.311. The molecule has 13 heteroatoms. The molecule has 1 aliphatic rings. The van der Waals surface area contributed by atoms with Crippen LogP contribution in [0.25, 0.3) is 0 Å². The van der Waals surface area contributed by atoms with Crippen molar-refractivity contribution in [2.75, 3.05) is 0 Å². The Morgan fingerprint density at radius 3 is 2.38 bits per heavy atom. The molecule has 4 aromatic heterocycles. The largest absolute Gasteiger partial charge is 0.469 e. The lowest BCUT2D eigenvalue weighted by Gasteiger charge is -2.26. The lowest BCUT2D eigenvalue weighted by molar-refractivity contribution is 0.297. The number of furan rings is 2. The number of rotatable bonds is 8. The average molecular weight is 500 g/mol. The Morgan fingerprint density at radius 1 is 1.09 bits per heavy atom. The van der Waals surface area contributed by atoms with Crippen molar-refractivity contribution < 1.29 is 8.83 Å². The summed E-state index contributed by atoms with van der Waals surface area (Å²) in [5.74, 6) is 1.54. The van der Waals surface area contributed by atoms with Gasteiger partial charge in [-0.3, -0.25) is 14.6 Å². The van der Waals surface area contributed by atoms with Gasteiger partial charge >= 0.3 is 0 Å². The van der Waals surface area contributed by atoms with Crippen molar-refractivity contribution in [1.82, 2.24) is 29.9 Å². The number of hydrogen-bond donors (Lipinski definition) is 2. The predicted octanol–water partition coefficient (Wildman–Crippen LogP) is 1.73. The summed E-state index contributed by atoms with van der Waals surface area (Å²) in [6, 6.07) is 7.28. The normalized spacial score (nSPS) is 19.4. The van der Waals surface area contributed by atoms with Crippen molar-refractivity contribution in [3.8, 4) is 0 Å². The highest BCUT2D eigenvalue weighted by Gasteiger charge is 2.44. The quantitative estimate of drug-likeness (QED) is 0.363. The zero-order valence-electron chi connectivity index (χ0n) is 18.1. The lowest BCUT2D eigenvalue weighted by Crippen LogP contribution is -2.46. The van der Waals surface area contributed by atoms with E-state index in [1.165, 1.54) is 23.5 Å². The summed E-state index contributed by atoms with van der Waals surface area (Å²) in [4.78, 5) is 31.9. The molecule has 3 N–H and O–H groups in total. The topological polar surface area (TPSA) is 159 Å². The second kappa shape index (κ2) is 9.24. The van der Waals surface area contributed by atoms with Crippen LogP contribution in [0.2, 0.25) is 0 Å². The van der Waals surface area contributed by atoms with Crippen molar-refractivity contribution in [2.45, 2.75) is 53.2 Å². The van der Waals surface area contributed by atoms with Crippen LogP contribution >= 0.6 is 23.5 Å². The molecule has 0 aliphatic carbocycles. The van der Waals surface area contributed by atoms with Gasteiger partial charge in [-0.1, -0.05) is 23.5 Å². The van der Waals surface area contributed by atoms with Crippen molar-refractivity contribution in [3.05, 3.63) is 80.4 Å². The molecule has 0 spiro atoms. The minimum Gasteiger partial charge on any atom is -0.469 e. The van der Waals surface area contributed by atoms with Gasteiger partial charge in [-0.25, -0.2) is 4.68 Å². The Morgan fingerprint density at radius 2 is 1.76 bits per heavy atom. The minimum atomic E-state index is -0.985. The number of aryl methyl sites for hydroxylation is 4. The standard InChI is InChI=1S/C21H21N7O4S2/c1-21(22)18(33-19-23-16(29)14(25-26-19)8-6-12-4-2-10-31-12)34-20-24-17(30)15(27-28(20)21)9-7-13-5-3-11-32-13/h2-5,10-11,18H,6-9,22H2,1H3,(H,23,26,29). The van der Waals surface area contributed by atoms with Gasteiger partial charge in [0.15, 0.2) is 10.3 Å². The molecule has 0 amide bonds. The molecule has 1 aliphatic heterocycles. The molecule has 5 heterocycles. The van der Waals surface area contributed by atoms with Gasteiger partial charge in [0.25, 0.3) is 11.1 Å². The first-order chi connectivity index (χ1) is 16.4. The Balaban J connectivity index is 1.30. The van der Waals surface area contributed by atoms with Crippen LogP contribution < -0.4 is 16.9 Å². The monoisotopic (exact) mass is 499 g/mol. The van der Waals surface area contributed by atoms with Gasteiger partial charge in [0.1, 0.15) is 33.2 Å². The van der Waals surface area contributed by atoms with Crippen molar-refractivity contribution in [2.24, 2.45) is 5.73 Å². The third-order valence-electron chi connectivity index (χ3n) is 5.33. The average Bonchev–Trinajstić information content (AvgIpc) is 3.55. The lowest BCUT2D eigenvalue weighted by atomic mass is 10.2. The van der Waals surface area contributed by atoms with Gasteiger partial charge in [0, 0.05) is 25.7 Å². The molecule has 0 saturated carbocycles. The molecule has 11 nitrogen and oxygen atoms in total. The summed E-state index contributed by atoms with van der Waals surface area (Å²) in [5.41, 5.74) is 5.57. The Labute approximate surface area is 201 Å². The van der Waals surface area contributed by atoms with E-state index in [-0.39, 0.29) is 15.7 Å². The molecular weight excluding hydrogens is 478 g/mol. The van der Waals surface area contributed by atoms with Crippen LogP contribution in [-0.2, 0) is 31.3 Å².